The maximum absolute atomic E-state index is 12.8. The van der Waals surface area contributed by atoms with Crippen molar-refractivity contribution in [3.05, 3.63) is 35.9 Å². The fourth-order valence-electron chi connectivity index (χ4n) is 3.36. The molecule has 0 saturated carbocycles. The number of nitrogens with zero attached hydrogens (tertiary/aromatic N) is 3. The van der Waals surface area contributed by atoms with Crippen LogP contribution in [0.3, 0.4) is 0 Å². The molecule has 2 aliphatic heterocycles. The van der Waals surface area contributed by atoms with E-state index in [2.05, 4.69) is 5.32 Å². The first kappa shape index (κ1) is 16.9. The Morgan fingerprint density at radius 1 is 1.12 bits per heavy atom. The Morgan fingerprint density at radius 2 is 1.72 bits per heavy atom. The molecule has 2 saturated heterocycles. The zero-order chi connectivity index (χ0) is 18.1. The van der Waals surface area contributed by atoms with Gasteiger partial charge in [0.1, 0.15) is 6.04 Å². The van der Waals surface area contributed by atoms with Crippen LogP contribution in [0.25, 0.3) is 0 Å². The molecular formula is C17H20N4O4. The Labute approximate surface area is 145 Å². The van der Waals surface area contributed by atoms with Crippen molar-refractivity contribution in [1.29, 1.82) is 0 Å². The number of amides is 5. The van der Waals surface area contributed by atoms with E-state index in [-0.39, 0.29) is 30.6 Å². The van der Waals surface area contributed by atoms with Crippen LogP contribution in [0.5, 0.6) is 0 Å². The number of imide groups is 1. The molecule has 132 valence electrons. The monoisotopic (exact) mass is 344 g/mol. The Kier molecular flexibility index (Phi) is 4.43. The second kappa shape index (κ2) is 6.54. The average Bonchev–Trinajstić information content (AvgIpc) is 3.06. The maximum atomic E-state index is 12.8. The second-order valence-electron chi connectivity index (χ2n) is 6.12. The smallest absolute Gasteiger partial charge is 0.320 e. The van der Waals surface area contributed by atoms with Gasteiger partial charge in [-0.05, 0) is 5.56 Å². The van der Waals surface area contributed by atoms with Gasteiger partial charge in [-0.15, -0.1) is 0 Å². The predicted octanol–water partition coefficient (Wildman–Crippen LogP) is 0.144. The zero-order valence-corrected chi connectivity index (χ0v) is 14.1. The van der Waals surface area contributed by atoms with Gasteiger partial charge in [0.2, 0.25) is 17.7 Å². The summed E-state index contributed by atoms with van der Waals surface area (Å²) in [5.74, 6) is -1.04. The van der Waals surface area contributed by atoms with Crippen molar-refractivity contribution in [2.45, 2.75) is 31.6 Å². The van der Waals surface area contributed by atoms with E-state index in [1.807, 2.05) is 30.3 Å². The van der Waals surface area contributed by atoms with Gasteiger partial charge in [-0.3, -0.25) is 19.3 Å². The van der Waals surface area contributed by atoms with Gasteiger partial charge >= 0.3 is 6.03 Å². The normalized spacial score (nSPS) is 23.6. The Morgan fingerprint density at radius 3 is 2.28 bits per heavy atom. The molecule has 2 atom stereocenters. The largest absolute Gasteiger partial charge is 0.341 e. The molecule has 8 heteroatoms. The van der Waals surface area contributed by atoms with Crippen LogP contribution < -0.4 is 5.32 Å². The number of carbonyl (C=O) groups excluding carboxylic acids is 4. The first-order valence-corrected chi connectivity index (χ1v) is 8.11. The van der Waals surface area contributed by atoms with E-state index in [1.165, 1.54) is 23.9 Å². The minimum absolute atomic E-state index is 0.0995. The lowest BCUT2D eigenvalue weighted by Gasteiger charge is -2.34. The Hall–Kier alpha value is -2.90. The van der Waals surface area contributed by atoms with E-state index in [0.29, 0.717) is 6.42 Å². The molecule has 2 aliphatic rings. The molecule has 2 fully saturated rings. The first-order valence-electron chi connectivity index (χ1n) is 8.11. The lowest BCUT2D eigenvalue weighted by molar-refractivity contribution is -0.149. The number of benzene rings is 1. The van der Waals surface area contributed by atoms with Crippen LogP contribution >= 0.6 is 0 Å². The van der Waals surface area contributed by atoms with Crippen LogP contribution in [0.15, 0.2) is 30.3 Å². The molecule has 1 unspecified atom stereocenters. The van der Waals surface area contributed by atoms with Gasteiger partial charge < -0.3 is 10.2 Å². The van der Waals surface area contributed by atoms with Crippen molar-refractivity contribution in [2.75, 3.05) is 14.1 Å². The molecule has 1 aromatic rings. The fourth-order valence-corrected chi connectivity index (χ4v) is 3.36. The van der Waals surface area contributed by atoms with E-state index >= 15 is 0 Å². The number of likely N-dealkylation sites (N-methyl/N-ethyl adjacent to an activating group) is 1. The van der Waals surface area contributed by atoms with Gasteiger partial charge in [0.05, 0.1) is 0 Å². The number of hydrogen-bond donors (Lipinski definition) is 1. The van der Waals surface area contributed by atoms with E-state index < -0.39 is 18.4 Å². The molecule has 0 spiro atoms. The third-order valence-electron chi connectivity index (χ3n) is 4.60. The van der Waals surface area contributed by atoms with Crippen molar-refractivity contribution in [1.82, 2.24) is 20.0 Å². The zero-order valence-electron chi connectivity index (χ0n) is 14.1. The highest BCUT2D eigenvalue weighted by Gasteiger charge is 2.53. The molecule has 3 rings (SSSR count). The lowest BCUT2D eigenvalue weighted by Crippen LogP contribution is -2.58. The lowest BCUT2D eigenvalue weighted by atomic mass is 10.1. The highest BCUT2D eigenvalue weighted by molar-refractivity contribution is 6.03. The van der Waals surface area contributed by atoms with Gasteiger partial charge in [0.15, 0.2) is 6.29 Å². The summed E-state index contributed by atoms with van der Waals surface area (Å²) >= 11 is 0. The number of hydrogen-bond acceptors (Lipinski definition) is 4. The van der Waals surface area contributed by atoms with E-state index in [1.54, 1.807) is 0 Å². The summed E-state index contributed by atoms with van der Waals surface area (Å²) < 4.78 is 0. The molecule has 0 radical (unpaired) electrons. The average molecular weight is 344 g/mol. The van der Waals surface area contributed by atoms with Crippen molar-refractivity contribution >= 4 is 23.8 Å². The summed E-state index contributed by atoms with van der Waals surface area (Å²) in [6.07, 6.45) is -0.516. The van der Waals surface area contributed by atoms with Gasteiger partial charge in [-0.1, -0.05) is 30.3 Å². The summed E-state index contributed by atoms with van der Waals surface area (Å²) in [6.45, 7) is 0. The minimum Gasteiger partial charge on any atom is -0.341 e. The molecule has 1 N–H and O–H groups in total. The summed E-state index contributed by atoms with van der Waals surface area (Å²) in [4.78, 5) is 53.2. The number of urea groups is 1. The standard InChI is InChI=1S/C17H20N4O4/c1-18-16(25)20-12(10-11-6-4-3-5-7-11)15(24)19(2)17(20)21-13(22)8-9-14(21)23/h3-7,12,17H,8-10H2,1-2H3,(H,18,25)/t12-,17?/m0/s1. The van der Waals surface area contributed by atoms with E-state index in [0.717, 1.165) is 10.5 Å². The summed E-state index contributed by atoms with van der Waals surface area (Å²) in [6, 6.07) is 8.03. The number of carbonyl (C=O) groups is 4. The van der Waals surface area contributed by atoms with Crippen molar-refractivity contribution < 1.29 is 19.2 Å². The van der Waals surface area contributed by atoms with Crippen LogP contribution in [0.4, 0.5) is 4.79 Å². The van der Waals surface area contributed by atoms with Crippen molar-refractivity contribution in [2.24, 2.45) is 0 Å². The van der Waals surface area contributed by atoms with Crippen molar-refractivity contribution in [3.63, 3.8) is 0 Å². The number of rotatable bonds is 3. The number of nitrogens with one attached hydrogen (secondary N) is 1. The van der Waals surface area contributed by atoms with E-state index in [9.17, 15) is 19.2 Å². The topological polar surface area (TPSA) is 90.0 Å². The van der Waals surface area contributed by atoms with Gasteiger partial charge in [-0.25, -0.2) is 9.69 Å². The molecule has 1 aromatic carbocycles. The van der Waals surface area contributed by atoms with Crippen LogP contribution in [-0.4, -0.2) is 64.9 Å². The van der Waals surface area contributed by atoms with Gasteiger partial charge in [-0.2, -0.15) is 0 Å². The fraction of sp³-hybridized carbons (Fsp3) is 0.412. The quantitative estimate of drug-likeness (QED) is 0.790. The van der Waals surface area contributed by atoms with Crippen LogP contribution in [-0.2, 0) is 20.8 Å². The summed E-state index contributed by atoms with van der Waals surface area (Å²) in [7, 11) is 2.96. The minimum atomic E-state index is -1.02. The van der Waals surface area contributed by atoms with Crippen LogP contribution in [0.1, 0.15) is 18.4 Å². The first-order chi connectivity index (χ1) is 12.0. The highest BCUT2D eigenvalue weighted by atomic mass is 16.2. The van der Waals surface area contributed by atoms with Gasteiger partial charge in [0, 0.05) is 33.4 Å². The Balaban J connectivity index is 1.97. The maximum Gasteiger partial charge on any atom is 0.320 e. The predicted molar refractivity (Wildman–Crippen MR) is 87.9 cm³/mol. The number of likely N-dealkylation sites (tertiary alicyclic amines) is 1. The molecule has 2 heterocycles. The molecular weight excluding hydrogens is 324 g/mol. The summed E-state index contributed by atoms with van der Waals surface area (Å²) in [5, 5.41) is 2.51. The Bertz CT molecular complexity index is 705. The second-order valence-corrected chi connectivity index (χ2v) is 6.12. The molecule has 25 heavy (non-hydrogen) atoms. The molecule has 0 aliphatic carbocycles. The third-order valence-corrected chi connectivity index (χ3v) is 4.60. The molecule has 0 bridgehead atoms. The van der Waals surface area contributed by atoms with Crippen molar-refractivity contribution in [3.8, 4) is 0 Å². The molecule has 8 nitrogen and oxygen atoms in total. The molecule has 0 aromatic heterocycles. The van der Waals surface area contributed by atoms with Crippen LogP contribution in [0, 0.1) is 0 Å². The molecule has 5 amide bonds. The highest BCUT2D eigenvalue weighted by Crippen LogP contribution is 2.29. The summed E-state index contributed by atoms with van der Waals surface area (Å²) in [5.41, 5.74) is 0.892. The third kappa shape index (κ3) is 2.84. The SMILES string of the molecule is CNC(=O)N1C(N2C(=O)CCC2=O)N(C)C(=O)[C@@H]1Cc1ccccc1. The van der Waals surface area contributed by atoms with Crippen LogP contribution in [0.2, 0.25) is 0 Å². The van der Waals surface area contributed by atoms with E-state index in [4.69, 9.17) is 0 Å². The van der Waals surface area contributed by atoms with Gasteiger partial charge in [0.25, 0.3) is 0 Å².